The minimum absolute atomic E-state index is 0.218. The Kier molecular flexibility index (Phi) is 5.26. The molecule has 8 heteroatoms. The third-order valence-corrected chi connectivity index (χ3v) is 8.35. The summed E-state index contributed by atoms with van der Waals surface area (Å²) in [5.74, 6) is 0. The maximum Gasteiger partial charge on any atom is 0.294 e. The molecule has 0 saturated carbocycles. The van der Waals surface area contributed by atoms with Crippen LogP contribution in [0, 0.1) is 13.8 Å². The zero-order valence-corrected chi connectivity index (χ0v) is 20.6. The number of rotatable bonds is 4. The molecule has 178 valence electrons. The molecular formula is C27H22O6S2. The van der Waals surface area contributed by atoms with E-state index in [-0.39, 0.29) is 9.79 Å². The smallest absolute Gasteiger partial charge is 0.282 e. The predicted octanol–water partition coefficient (Wildman–Crippen LogP) is 5.16. The molecule has 35 heavy (non-hydrogen) atoms. The molecule has 0 spiro atoms. The van der Waals surface area contributed by atoms with Crippen LogP contribution in [0.25, 0.3) is 11.1 Å². The highest BCUT2D eigenvalue weighted by molar-refractivity contribution is 7.86. The van der Waals surface area contributed by atoms with Crippen molar-refractivity contribution in [1.29, 1.82) is 0 Å². The molecule has 0 heterocycles. The molecule has 0 saturated heterocycles. The molecular weight excluding hydrogens is 484 g/mol. The van der Waals surface area contributed by atoms with Gasteiger partial charge in [-0.1, -0.05) is 71.8 Å². The molecule has 0 radical (unpaired) electrons. The molecule has 0 bridgehead atoms. The topological polar surface area (TPSA) is 109 Å². The van der Waals surface area contributed by atoms with Crippen molar-refractivity contribution in [1.82, 2.24) is 0 Å². The molecule has 0 amide bonds. The fraction of sp³-hybridized carbons (Fsp3) is 0.111. The van der Waals surface area contributed by atoms with Gasteiger partial charge in [-0.05, 0) is 71.5 Å². The monoisotopic (exact) mass is 506 g/mol. The largest absolute Gasteiger partial charge is 0.294 e. The van der Waals surface area contributed by atoms with E-state index in [4.69, 9.17) is 0 Å². The number of aryl methyl sites for hydroxylation is 2. The van der Waals surface area contributed by atoms with E-state index in [1.807, 2.05) is 26.0 Å². The minimum atomic E-state index is -4.38. The highest BCUT2D eigenvalue weighted by atomic mass is 32.2. The van der Waals surface area contributed by atoms with Crippen molar-refractivity contribution in [2.45, 2.75) is 29.1 Å². The summed E-state index contributed by atoms with van der Waals surface area (Å²) in [5, 5.41) is 0. The fourth-order valence-corrected chi connectivity index (χ4v) is 6.05. The predicted molar refractivity (Wildman–Crippen MR) is 133 cm³/mol. The van der Waals surface area contributed by atoms with Gasteiger partial charge in [-0.3, -0.25) is 9.11 Å². The third-order valence-electron chi connectivity index (χ3n) is 6.62. The van der Waals surface area contributed by atoms with Crippen molar-refractivity contribution >= 4 is 20.2 Å². The molecule has 0 aliphatic heterocycles. The summed E-state index contributed by atoms with van der Waals surface area (Å²) in [4.78, 5) is -0.435. The van der Waals surface area contributed by atoms with Crippen LogP contribution in [0.3, 0.4) is 0 Å². The molecule has 6 nitrogen and oxygen atoms in total. The van der Waals surface area contributed by atoms with E-state index in [0.29, 0.717) is 0 Å². The molecule has 0 fully saturated rings. The lowest BCUT2D eigenvalue weighted by Crippen LogP contribution is -2.29. The Morgan fingerprint density at radius 3 is 1.20 bits per heavy atom. The van der Waals surface area contributed by atoms with Crippen LogP contribution in [0.2, 0.25) is 0 Å². The Labute approximate surface area is 204 Å². The second-order valence-electron chi connectivity index (χ2n) is 8.85. The molecule has 5 rings (SSSR count). The molecule has 1 aliphatic rings. The zero-order valence-electron chi connectivity index (χ0n) is 18.9. The summed E-state index contributed by atoms with van der Waals surface area (Å²) < 4.78 is 65.9. The lowest BCUT2D eigenvalue weighted by Gasteiger charge is -2.34. The summed E-state index contributed by atoms with van der Waals surface area (Å²) in [7, 11) is -8.76. The first kappa shape index (κ1) is 23.4. The van der Waals surface area contributed by atoms with Crippen LogP contribution < -0.4 is 0 Å². The Morgan fingerprint density at radius 2 is 0.886 bits per heavy atom. The van der Waals surface area contributed by atoms with Crippen molar-refractivity contribution in [2.75, 3.05) is 0 Å². The van der Waals surface area contributed by atoms with E-state index in [9.17, 15) is 25.9 Å². The summed E-state index contributed by atoms with van der Waals surface area (Å²) in [6.45, 7) is 3.98. The van der Waals surface area contributed by atoms with Crippen molar-refractivity contribution in [3.63, 3.8) is 0 Å². The first-order valence-electron chi connectivity index (χ1n) is 10.8. The highest BCUT2D eigenvalue weighted by Crippen LogP contribution is 2.56. The maximum atomic E-state index is 11.7. The van der Waals surface area contributed by atoms with E-state index in [1.165, 1.54) is 24.3 Å². The summed E-state index contributed by atoms with van der Waals surface area (Å²) in [6.07, 6.45) is 0. The van der Waals surface area contributed by atoms with Gasteiger partial charge in [0.1, 0.15) is 0 Å². The van der Waals surface area contributed by atoms with Gasteiger partial charge in [0.2, 0.25) is 0 Å². The van der Waals surface area contributed by atoms with E-state index in [0.717, 1.165) is 44.5 Å². The summed E-state index contributed by atoms with van der Waals surface area (Å²) in [6, 6.07) is 24.5. The zero-order chi connectivity index (χ0) is 25.2. The van der Waals surface area contributed by atoms with E-state index in [1.54, 1.807) is 24.3 Å². The molecule has 4 aromatic rings. The first-order valence-corrected chi connectivity index (χ1v) is 13.7. The number of hydrogen-bond acceptors (Lipinski definition) is 4. The van der Waals surface area contributed by atoms with E-state index in [2.05, 4.69) is 24.3 Å². The summed E-state index contributed by atoms with van der Waals surface area (Å²) >= 11 is 0. The standard InChI is InChI=1S/C27H22O6S2/c1-17-3-13-23-24-14-4-18(2)16-26(24)27(25(23)15-17,19-5-9-21(10-6-19)34(28,29)30)20-7-11-22(12-8-20)35(31,32)33/h3-16H,1-2H3,(H,28,29,30)(H,31,32,33). The first-order chi connectivity index (χ1) is 16.4. The highest BCUT2D eigenvalue weighted by Gasteiger charge is 2.46. The average molecular weight is 507 g/mol. The van der Waals surface area contributed by atoms with E-state index < -0.39 is 25.7 Å². The summed E-state index contributed by atoms with van der Waals surface area (Å²) in [5.41, 5.74) is 6.64. The van der Waals surface area contributed by atoms with Gasteiger partial charge in [0.05, 0.1) is 15.2 Å². The van der Waals surface area contributed by atoms with Crippen LogP contribution in [-0.2, 0) is 25.7 Å². The van der Waals surface area contributed by atoms with Gasteiger partial charge in [0.25, 0.3) is 20.2 Å². The molecule has 4 aromatic carbocycles. The van der Waals surface area contributed by atoms with Crippen LogP contribution >= 0.6 is 0 Å². The normalized spacial score (nSPS) is 14.4. The van der Waals surface area contributed by atoms with Crippen LogP contribution in [0.15, 0.2) is 94.7 Å². The van der Waals surface area contributed by atoms with Crippen LogP contribution in [-0.4, -0.2) is 25.9 Å². The lowest BCUT2D eigenvalue weighted by atomic mass is 9.67. The molecule has 0 aromatic heterocycles. The van der Waals surface area contributed by atoms with Gasteiger partial charge in [-0.2, -0.15) is 16.8 Å². The van der Waals surface area contributed by atoms with Gasteiger partial charge in [-0.15, -0.1) is 0 Å². The molecule has 0 atom stereocenters. The Morgan fingerprint density at radius 1 is 0.543 bits per heavy atom. The Bertz CT molecular complexity index is 1560. The van der Waals surface area contributed by atoms with Gasteiger partial charge < -0.3 is 0 Å². The third kappa shape index (κ3) is 3.70. The molecule has 1 aliphatic carbocycles. The fourth-order valence-electron chi connectivity index (χ4n) is 5.09. The SMILES string of the molecule is Cc1ccc2c(c1)C(c1ccc(S(=O)(=O)O)cc1)(c1ccc(S(=O)(=O)O)cc1)c1cc(C)ccc1-2. The van der Waals surface area contributed by atoms with Crippen LogP contribution in [0.1, 0.15) is 33.4 Å². The van der Waals surface area contributed by atoms with Crippen LogP contribution in [0.4, 0.5) is 0 Å². The number of hydrogen-bond donors (Lipinski definition) is 2. The van der Waals surface area contributed by atoms with Crippen molar-refractivity contribution in [3.8, 4) is 11.1 Å². The van der Waals surface area contributed by atoms with Gasteiger partial charge >= 0.3 is 0 Å². The number of benzene rings is 4. The van der Waals surface area contributed by atoms with Crippen molar-refractivity contribution in [2.24, 2.45) is 0 Å². The van der Waals surface area contributed by atoms with Crippen molar-refractivity contribution < 1.29 is 25.9 Å². The Hall–Kier alpha value is -3.30. The van der Waals surface area contributed by atoms with E-state index >= 15 is 0 Å². The van der Waals surface area contributed by atoms with Gasteiger partial charge in [0, 0.05) is 0 Å². The quantitative estimate of drug-likeness (QED) is 0.326. The van der Waals surface area contributed by atoms with Gasteiger partial charge in [-0.25, -0.2) is 0 Å². The molecule has 0 unspecified atom stereocenters. The van der Waals surface area contributed by atoms with Gasteiger partial charge in [0.15, 0.2) is 0 Å². The van der Waals surface area contributed by atoms with Crippen LogP contribution in [0.5, 0.6) is 0 Å². The second kappa shape index (κ2) is 7.86. The van der Waals surface area contributed by atoms with Crippen molar-refractivity contribution in [3.05, 3.63) is 118 Å². The Balaban J connectivity index is 1.91. The molecule has 2 N–H and O–H groups in total. The average Bonchev–Trinajstić information content (AvgIpc) is 3.07. The lowest BCUT2D eigenvalue weighted by molar-refractivity contribution is 0.481. The second-order valence-corrected chi connectivity index (χ2v) is 11.7. The minimum Gasteiger partial charge on any atom is -0.282 e. The number of fused-ring (bicyclic) bond motifs is 3. The maximum absolute atomic E-state index is 11.7.